The lowest BCUT2D eigenvalue weighted by Gasteiger charge is -2.30. The van der Waals surface area contributed by atoms with Crippen LogP contribution in [0.3, 0.4) is 0 Å². The first-order valence-corrected chi connectivity index (χ1v) is 9.71. The molecule has 1 aromatic carbocycles. The van der Waals surface area contributed by atoms with Gasteiger partial charge in [-0.3, -0.25) is 0 Å². The molecule has 0 spiro atoms. The van der Waals surface area contributed by atoms with Crippen molar-refractivity contribution in [2.75, 3.05) is 38.9 Å². The molecule has 2 heterocycles. The zero-order valence-corrected chi connectivity index (χ0v) is 16.9. The molecule has 1 aliphatic rings. The Morgan fingerprint density at radius 1 is 1.32 bits per heavy atom. The van der Waals surface area contributed by atoms with E-state index in [9.17, 15) is 0 Å². The van der Waals surface area contributed by atoms with Gasteiger partial charge < -0.3 is 19.7 Å². The van der Waals surface area contributed by atoms with Crippen LogP contribution in [0.25, 0.3) is 11.3 Å². The zero-order valence-electron chi connectivity index (χ0n) is 16.9. The number of hydrogen-bond donors (Lipinski definition) is 1. The Morgan fingerprint density at radius 2 is 2.18 bits per heavy atom. The Labute approximate surface area is 167 Å². The van der Waals surface area contributed by atoms with Crippen molar-refractivity contribution in [2.45, 2.75) is 32.7 Å². The summed E-state index contributed by atoms with van der Waals surface area (Å²) in [6.07, 6.45) is 7.88. The molecule has 1 fully saturated rings. The molecule has 0 saturated carbocycles. The van der Waals surface area contributed by atoms with Crippen LogP contribution in [0.5, 0.6) is 5.75 Å². The number of aromatic nitrogens is 2. The quantitative estimate of drug-likeness (QED) is 0.452. The van der Waals surface area contributed by atoms with Crippen molar-refractivity contribution in [2.24, 2.45) is 0 Å². The van der Waals surface area contributed by atoms with Crippen LogP contribution in [0.4, 0.5) is 5.82 Å². The Kier molecular flexibility index (Phi) is 6.85. The Hall–Kier alpha value is -2.62. The minimum absolute atomic E-state index is 0.166. The number of benzene rings is 1. The minimum Gasteiger partial charge on any atom is -0.467 e. The maximum absolute atomic E-state index is 5.79. The second kappa shape index (κ2) is 9.54. The van der Waals surface area contributed by atoms with Crippen molar-refractivity contribution in [3.8, 4) is 29.4 Å². The number of ether oxygens (including phenoxy) is 2. The molecule has 148 valence electrons. The van der Waals surface area contributed by atoms with E-state index in [1.54, 1.807) is 0 Å². The zero-order chi connectivity index (χ0) is 19.9. The van der Waals surface area contributed by atoms with Crippen LogP contribution in [0.1, 0.15) is 30.9 Å². The van der Waals surface area contributed by atoms with Crippen LogP contribution < -0.4 is 10.1 Å². The minimum atomic E-state index is 0.166. The number of rotatable bonds is 7. The first-order valence-electron chi connectivity index (χ1n) is 9.71. The van der Waals surface area contributed by atoms with Gasteiger partial charge in [-0.25, -0.2) is 0 Å². The average Bonchev–Trinajstić information content (AvgIpc) is 2.68. The summed E-state index contributed by atoms with van der Waals surface area (Å²) in [5.41, 5.74) is 3.41. The molecule has 6 heteroatoms. The lowest BCUT2D eigenvalue weighted by Crippen LogP contribution is -2.39. The van der Waals surface area contributed by atoms with E-state index < -0.39 is 0 Å². The summed E-state index contributed by atoms with van der Waals surface area (Å²) >= 11 is 0. The molecule has 1 N–H and O–H groups in total. The van der Waals surface area contributed by atoms with Crippen LogP contribution in [0.2, 0.25) is 0 Å². The third-order valence-corrected chi connectivity index (χ3v) is 4.87. The molecule has 0 aliphatic carbocycles. The van der Waals surface area contributed by atoms with E-state index in [2.05, 4.69) is 33.4 Å². The van der Waals surface area contributed by atoms with Gasteiger partial charge in [-0.2, -0.15) is 0 Å². The van der Waals surface area contributed by atoms with E-state index in [0.717, 1.165) is 47.7 Å². The maximum atomic E-state index is 5.79. The monoisotopic (exact) mass is 380 g/mol. The number of hydrogen-bond acceptors (Lipinski definition) is 6. The van der Waals surface area contributed by atoms with E-state index in [1.807, 2.05) is 38.1 Å². The van der Waals surface area contributed by atoms with Gasteiger partial charge in [-0.05, 0) is 70.1 Å². The third kappa shape index (κ3) is 5.00. The fourth-order valence-electron chi connectivity index (χ4n) is 3.43. The Morgan fingerprint density at radius 3 is 2.89 bits per heavy atom. The van der Waals surface area contributed by atoms with Crippen LogP contribution in [0.15, 0.2) is 24.3 Å². The van der Waals surface area contributed by atoms with Gasteiger partial charge in [0.05, 0.1) is 5.69 Å². The van der Waals surface area contributed by atoms with Crippen molar-refractivity contribution in [1.82, 2.24) is 15.1 Å². The number of piperidine rings is 1. The number of anilines is 1. The molecule has 3 rings (SSSR count). The summed E-state index contributed by atoms with van der Waals surface area (Å²) < 4.78 is 11.1. The number of nitrogens with zero attached hydrogens (tertiary/aromatic N) is 3. The number of likely N-dealkylation sites (N-methyl/N-ethyl adjacent to an activating group) is 1. The smallest absolute Gasteiger partial charge is 0.189 e. The SMILES string of the molecule is C#Cc1ccc(-c2nnc(NC3CCCN(C)C3)cc2C)c(OCOCC)c1. The summed E-state index contributed by atoms with van der Waals surface area (Å²) in [5.74, 6) is 4.09. The Bertz CT molecular complexity index is 847. The normalized spacial score (nSPS) is 17.1. The fraction of sp³-hybridized carbons (Fsp3) is 0.455. The van der Waals surface area contributed by atoms with Crippen molar-refractivity contribution >= 4 is 5.82 Å². The van der Waals surface area contributed by atoms with Gasteiger partial charge in [0, 0.05) is 30.3 Å². The van der Waals surface area contributed by atoms with Crippen molar-refractivity contribution < 1.29 is 9.47 Å². The van der Waals surface area contributed by atoms with Crippen LogP contribution in [-0.4, -0.2) is 54.7 Å². The summed E-state index contributed by atoms with van der Waals surface area (Å²) in [4.78, 5) is 2.34. The highest BCUT2D eigenvalue weighted by Crippen LogP contribution is 2.32. The number of likely N-dealkylation sites (tertiary alicyclic amines) is 1. The predicted molar refractivity (Wildman–Crippen MR) is 111 cm³/mol. The standard InChI is InChI=1S/C22H28N4O2/c1-5-17-9-10-19(20(13-17)28-15-27-6-2)22-16(3)12-21(24-25-22)23-18-8-7-11-26(4)14-18/h1,9-10,12-13,18H,6-8,11,14-15H2,2-4H3,(H,23,24). The third-order valence-electron chi connectivity index (χ3n) is 4.87. The lowest BCUT2D eigenvalue weighted by molar-refractivity contribution is 0.0227. The van der Waals surface area contributed by atoms with E-state index in [-0.39, 0.29) is 6.79 Å². The molecule has 1 saturated heterocycles. The van der Waals surface area contributed by atoms with E-state index in [4.69, 9.17) is 15.9 Å². The molecule has 1 aromatic heterocycles. The molecule has 28 heavy (non-hydrogen) atoms. The van der Waals surface area contributed by atoms with Gasteiger partial charge in [0.2, 0.25) is 0 Å². The van der Waals surface area contributed by atoms with Crippen LogP contribution in [0, 0.1) is 19.3 Å². The molecule has 6 nitrogen and oxygen atoms in total. The molecule has 0 amide bonds. The molecular weight excluding hydrogens is 352 g/mol. The van der Waals surface area contributed by atoms with Gasteiger partial charge in [-0.1, -0.05) is 5.92 Å². The highest BCUT2D eigenvalue weighted by Gasteiger charge is 2.18. The van der Waals surface area contributed by atoms with E-state index >= 15 is 0 Å². The van der Waals surface area contributed by atoms with E-state index in [0.29, 0.717) is 18.4 Å². The van der Waals surface area contributed by atoms with E-state index in [1.165, 1.54) is 6.42 Å². The highest BCUT2D eigenvalue weighted by molar-refractivity contribution is 5.71. The number of nitrogens with one attached hydrogen (secondary N) is 1. The number of aryl methyl sites for hydroxylation is 1. The molecule has 2 aromatic rings. The maximum Gasteiger partial charge on any atom is 0.189 e. The second-order valence-electron chi connectivity index (χ2n) is 7.12. The molecule has 0 bridgehead atoms. The summed E-state index contributed by atoms with van der Waals surface area (Å²) in [6, 6.07) is 8.08. The lowest BCUT2D eigenvalue weighted by atomic mass is 10.0. The van der Waals surface area contributed by atoms with Gasteiger partial charge in [0.25, 0.3) is 0 Å². The average molecular weight is 380 g/mol. The van der Waals surface area contributed by atoms with Gasteiger partial charge in [0.1, 0.15) is 11.6 Å². The van der Waals surface area contributed by atoms with Gasteiger partial charge in [0.15, 0.2) is 6.79 Å². The van der Waals surface area contributed by atoms with Crippen LogP contribution >= 0.6 is 0 Å². The van der Waals surface area contributed by atoms with Crippen molar-refractivity contribution in [1.29, 1.82) is 0 Å². The Balaban J connectivity index is 1.82. The molecule has 1 unspecified atom stereocenters. The second-order valence-corrected chi connectivity index (χ2v) is 7.12. The number of terminal acetylenes is 1. The van der Waals surface area contributed by atoms with Crippen molar-refractivity contribution in [3.05, 3.63) is 35.4 Å². The van der Waals surface area contributed by atoms with Gasteiger partial charge >= 0.3 is 0 Å². The first-order chi connectivity index (χ1) is 13.6. The predicted octanol–water partition coefficient (Wildman–Crippen LogP) is 3.31. The van der Waals surface area contributed by atoms with Gasteiger partial charge in [-0.15, -0.1) is 16.6 Å². The molecule has 0 radical (unpaired) electrons. The van der Waals surface area contributed by atoms with Crippen LogP contribution in [-0.2, 0) is 4.74 Å². The largest absolute Gasteiger partial charge is 0.467 e. The molecule has 1 aliphatic heterocycles. The summed E-state index contributed by atoms with van der Waals surface area (Å²) in [6.45, 7) is 6.88. The fourth-order valence-corrected chi connectivity index (χ4v) is 3.43. The summed E-state index contributed by atoms with van der Waals surface area (Å²) in [5, 5.41) is 12.4. The van der Waals surface area contributed by atoms with Crippen molar-refractivity contribution in [3.63, 3.8) is 0 Å². The highest BCUT2D eigenvalue weighted by atomic mass is 16.7. The summed E-state index contributed by atoms with van der Waals surface area (Å²) in [7, 11) is 2.15. The molecule has 1 atom stereocenters. The first kappa shape index (κ1) is 20.1. The topological polar surface area (TPSA) is 59.5 Å². The molecular formula is C22H28N4O2.